The summed E-state index contributed by atoms with van der Waals surface area (Å²) >= 11 is 0. The first-order chi connectivity index (χ1) is 11.2. The second-order valence-electron chi connectivity index (χ2n) is 6.17. The largest absolute Gasteiger partial charge is 0.494 e. The molecule has 0 spiro atoms. The molecule has 4 nitrogen and oxygen atoms in total. The number of aryl methyl sites for hydroxylation is 1. The summed E-state index contributed by atoms with van der Waals surface area (Å²) in [6.45, 7) is 6.42. The molecule has 3 rings (SSSR count). The van der Waals surface area contributed by atoms with Crippen molar-refractivity contribution in [1.29, 1.82) is 0 Å². The molecule has 0 amide bonds. The van der Waals surface area contributed by atoms with Crippen molar-refractivity contribution in [3.05, 3.63) is 48.0 Å². The van der Waals surface area contributed by atoms with Crippen molar-refractivity contribution in [3.63, 3.8) is 0 Å². The molecule has 0 aliphatic carbocycles. The minimum Gasteiger partial charge on any atom is -0.494 e. The van der Waals surface area contributed by atoms with Crippen LogP contribution in [0.5, 0.6) is 5.75 Å². The van der Waals surface area contributed by atoms with Gasteiger partial charge in [-0.2, -0.15) is 0 Å². The maximum Gasteiger partial charge on any atom is 0.144 e. The van der Waals surface area contributed by atoms with Crippen LogP contribution >= 0.6 is 0 Å². The molecule has 23 heavy (non-hydrogen) atoms. The van der Waals surface area contributed by atoms with Crippen LogP contribution in [-0.4, -0.2) is 45.2 Å². The van der Waals surface area contributed by atoms with Gasteiger partial charge in [0, 0.05) is 43.6 Å². The van der Waals surface area contributed by atoms with Crippen molar-refractivity contribution >= 4 is 17.1 Å². The number of hydrogen-bond donors (Lipinski definition) is 1. The molecule has 2 aromatic rings. The van der Waals surface area contributed by atoms with Gasteiger partial charge in [0.2, 0.25) is 0 Å². The number of benzene rings is 2. The summed E-state index contributed by atoms with van der Waals surface area (Å²) in [5, 5.41) is 3.44. The zero-order valence-corrected chi connectivity index (χ0v) is 14.2. The minimum atomic E-state index is 0.877. The number of hydrogen-bond acceptors (Lipinski definition) is 4. The number of piperazine rings is 1. The summed E-state index contributed by atoms with van der Waals surface area (Å²) < 4.78 is 5.59. The molecule has 1 aliphatic heterocycles. The summed E-state index contributed by atoms with van der Waals surface area (Å²) in [4.78, 5) is 4.78. The predicted molar refractivity (Wildman–Crippen MR) is 97.2 cm³/mol. The Hall–Kier alpha value is -2.20. The van der Waals surface area contributed by atoms with E-state index in [0.29, 0.717) is 0 Å². The van der Waals surface area contributed by atoms with Crippen molar-refractivity contribution in [1.82, 2.24) is 4.90 Å². The summed E-state index contributed by atoms with van der Waals surface area (Å²) in [6, 6.07) is 14.8. The van der Waals surface area contributed by atoms with Gasteiger partial charge in [-0.15, -0.1) is 0 Å². The van der Waals surface area contributed by atoms with Gasteiger partial charge in [-0.3, -0.25) is 0 Å². The van der Waals surface area contributed by atoms with Crippen LogP contribution in [0.1, 0.15) is 5.56 Å². The highest BCUT2D eigenvalue weighted by Crippen LogP contribution is 2.32. The zero-order valence-electron chi connectivity index (χ0n) is 14.2. The molecule has 4 heteroatoms. The molecule has 1 saturated heterocycles. The van der Waals surface area contributed by atoms with Gasteiger partial charge in [0.05, 0.1) is 12.8 Å². The number of likely N-dealkylation sites (N-methyl/N-ethyl adjacent to an activating group) is 1. The topological polar surface area (TPSA) is 27.7 Å². The second-order valence-corrected chi connectivity index (χ2v) is 6.17. The van der Waals surface area contributed by atoms with E-state index < -0.39 is 0 Å². The van der Waals surface area contributed by atoms with Gasteiger partial charge in [0.25, 0.3) is 0 Å². The molecule has 122 valence electrons. The fourth-order valence-electron chi connectivity index (χ4n) is 2.84. The number of rotatable bonds is 4. The van der Waals surface area contributed by atoms with Crippen molar-refractivity contribution in [2.45, 2.75) is 6.92 Å². The summed E-state index contributed by atoms with van der Waals surface area (Å²) in [7, 11) is 3.90. The van der Waals surface area contributed by atoms with Gasteiger partial charge in [-0.25, -0.2) is 0 Å². The Morgan fingerprint density at radius 1 is 0.957 bits per heavy atom. The molecular formula is C19H25N3O. The summed E-state index contributed by atoms with van der Waals surface area (Å²) in [5.74, 6) is 0.877. The first-order valence-corrected chi connectivity index (χ1v) is 8.11. The molecule has 0 saturated carbocycles. The Labute approximate surface area is 138 Å². The Morgan fingerprint density at radius 3 is 2.30 bits per heavy atom. The molecule has 0 aromatic heterocycles. The fraction of sp³-hybridized carbons (Fsp3) is 0.368. The van der Waals surface area contributed by atoms with E-state index in [2.05, 4.69) is 71.6 Å². The van der Waals surface area contributed by atoms with E-state index in [0.717, 1.165) is 43.3 Å². The highest BCUT2D eigenvalue weighted by Gasteiger charge is 2.15. The maximum atomic E-state index is 5.59. The van der Waals surface area contributed by atoms with Crippen LogP contribution in [0.3, 0.4) is 0 Å². The molecule has 0 atom stereocenters. The average Bonchev–Trinajstić information content (AvgIpc) is 2.58. The minimum absolute atomic E-state index is 0.877. The number of nitrogens with zero attached hydrogens (tertiary/aromatic N) is 2. The molecule has 1 aliphatic rings. The summed E-state index contributed by atoms with van der Waals surface area (Å²) in [5.41, 5.74) is 4.55. The van der Waals surface area contributed by atoms with Crippen LogP contribution in [-0.2, 0) is 0 Å². The SMILES string of the molecule is COc1cc(N2CCN(C)CC2)ccc1Nc1ccc(C)cc1. The number of ether oxygens (including phenoxy) is 1. The zero-order chi connectivity index (χ0) is 16.2. The van der Waals surface area contributed by atoms with E-state index in [1.54, 1.807) is 7.11 Å². The highest BCUT2D eigenvalue weighted by molar-refractivity contribution is 5.70. The summed E-state index contributed by atoms with van der Waals surface area (Å²) in [6.07, 6.45) is 0. The lowest BCUT2D eigenvalue weighted by molar-refractivity contribution is 0.312. The van der Waals surface area contributed by atoms with Crippen LogP contribution in [0.15, 0.2) is 42.5 Å². The first kappa shape index (κ1) is 15.7. The van der Waals surface area contributed by atoms with E-state index in [9.17, 15) is 0 Å². The lowest BCUT2D eigenvalue weighted by atomic mass is 10.2. The van der Waals surface area contributed by atoms with Crippen molar-refractivity contribution < 1.29 is 4.74 Å². The number of nitrogens with one attached hydrogen (secondary N) is 1. The molecule has 1 N–H and O–H groups in total. The third-order valence-electron chi connectivity index (χ3n) is 4.38. The van der Waals surface area contributed by atoms with Gasteiger partial charge < -0.3 is 19.9 Å². The molecule has 1 fully saturated rings. The molecule has 0 unspecified atom stereocenters. The monoisotopic (exact) mass is 311 g/mol. The Kier molecular flexibility index (Phi) is 4.72. The Balaban J connectivity index is 1.78. The van der Waals surface area contributed by atoms with E-state index in [1.165, 1.54) is 11.3 Å². The Bertz CT molecular complexity index is 646. The highest BCUT2D eigenvalue weighted by atomic mass is 16.5. The van der Waals surface area contributed by atoms with Crippen molar-refractivity contribution in [3.8, 4) is 5.75 Å². The van der Waals surface area contributed by atoms with Crippen LogP contribution in [0.4, 0.5) is 17.1 Å². The normalized spacial score (nSPS) is 15.5. The lowest BCUT2D eigenvalue weighted by Gasteiger charge is -2.34. The van der Waals surface area contributed by atoms with E-state index >= 15 is 0 Å². The molecule has 1 heterocycles. The number of methoxy groups -OCH3 is 1. The van der Waals surface area contributed by atoms with Crippen LogP contribution in [0.25, 0.3) is 0 Å². The standard InChI is InChI=1S/C19H25N3O/c1-15-4-6-16(7-5-15)20-18-9-8-17(14-19(18)23-3)22-12-10-21(2)11-13-22/h4-9,14,20H,10-13H2,1-3H3. The fourth-order valence-corrected chi connectivity index (χ4v) is 2.84. The smallest absolute Gasteiger partial charge is 0.144 e. The first-order valence-electron chi connectivity index (χ1n) is 8.11. The lowest BCUT2D eigenvalue weighted by Crippen LogP contribution is -2.44. The molecule has 0 bridgehead atoms. The van der Waals surface area contributed by atoms with Crippen LogP contribution < -0.4 is 15.0 Å². The third kappa shape index (κ3) is 3.77. The van der Waals surface area contributed by atoms with Crippen LogP contribution in [0, 0.1) is 6.92 Å². The predicted octanol–water partition coefficient (Wildman–Crippen LogP) is 3.50. The van der Waals surface area contributed by atoms with E-state index in [1.807, 2.05) is 0 Å². The van der Waals surface area contributed by atoms with E-state index in [-0.39, 0.29) is 0 Å². The van der Waals surface area contributed by atoms with E-state index in [4.69, 9.17) is 4.74 Å². The second kappa shape index (κ2) is 6.92. The molecular weight excluding hydrogens is 286 g/mol. The Morgan fingerprint density at radius 2 is 1.65 bits per heavy atom. The maximum absolute atomic E-state index is 5.59. The number of anilines is 3. The van der Waals surface area contributed by atoms with Gasteiger partial charge in [0.15, 0.2) is 0 Å². The average molecular weight is 311 g/mol. The van der Waals surface area contributed by atoms with Crippen molar-refractivity contribution in [2.24, 2.45) is 0 Å². The van der Waals surface area contributed by atoms with Gasteiger partial charge in [-0.1, -0.05) is 17.7 Å². The molecule has 0 radical (unpaired) electrons. The molecule has 2 aromatic carbocycles. The van der Waals surface area contributed by atoms with Gasteiger partial charge >= 0.3 is 0 Å². The van der Waals surface area contributed by atoms with Crippen LogP contribution in [0.2, 0.25) is 0 Å². The third-order valence-corrected chi connectivity index (χ3v) is 4.38. The van der Waals surface area contributed by atoms with Gasteiger partial charge in [0.1, 0.15) is 5.75 Å². The van der Waals surface area contributed by atoms with Gasteiger partial charge in [-0.05, 0) is 38.2 Å². The quantitative estimate of drug-likeness (QED) is 0.935. The van der Waals surface area contributed by atoms with Crippen molar-refractivity contribution in [2.75, 3.05) is 50.6 Å².